The number of benzene rings is 2. The lowest BCUT2D eigenvalue weighted by atomic mass is 9.90. The average Bonchev–Trinajstić information content (AvgIpc) is 3.33. The molecule has 0 aliphatic heterocycles. The number of ether oxygens (including phenoxy) is 2. The van der Waals surface area contributed by atoms with Crippen LogP contribution in [0.4, 0.5) is 0 Å². The van der Waals surface area contributed by atoms with Gasteiger partial charge < -0.3 is 9.47 Å². The monoisotopic (exact) mass is 382 g/mol. The van der Waals surface area contributed by atoms with Crippen molar-refractivity contribution in [3.8, 4) is 5.75 Å². The molecule has 2 aromatic carbocycles. The molecule has 2 aromatic rings. The van der Waals surface area contributed by atoms with E-state index in [1.165, 1.54) is 71.3 Å². The number of methoxy groups -OCH3 is 1. The standard InChI is InChI=1S/C20H24O3.C5H10/c1-14-12-18(20(21)22-2)19(17-11-7-6-10-16(14)17)23-13-15-8-4-3-5-9-15;1-2-4-5-3-1/h6-7,10-12,15H,3-5,8-9,13H2,1-2H3;1-5H2. The SMILES string of the molecule is C1CCCC1.COC(=O)c1cc(C)c2ccccc2c1OCC1CCCCC1. The number of esters is 1. The first-order chi connectivity index (χ1) is 13.7. The van der Waals surface area contributed by atoms with Crippen LogP contribution in [-0.2, 0) is 4.74 Å². The molecule has 0 aromatic heterocycles. The van der Waals surface area contributed by atoms with Crippen LogP contribution < -0.4 is 4.74 Å². The van der Waals surface area contributed by atoms with E-state index in [1.807, 2.05) is 31.2 Å². The van der Waals surface area contributed by atoms with E-state index >= 15 is 0 Å². The first kappa shape index (κ1) is 20.7. The first-order valence-electron chi connectivity index (χ1n) is 10.9. The molecule has 28 heavy (non-hydrogen) atoms. The van der Waals surface area contributed by atoms with E-state index in [1.54, 1.807) is 0 Å². The Morgan fingerprint density at radius 3 is 2.11 bits per heavy atom. The zero-order valence-corrected chi connectivity index (χ0v) is 17.5. The third-order valence-electron chi connectivity index (χ3n) is 6.05. The molecule has 0 spiro atoms. The van der Waals surface area contributed by atoms with Gasteiger partial charge in [-0.1, -0.05) is 75.6 Å². The third kappa shape index (κ3) is 5.27. The number of aryl methyl sites for hydroxylation is 1. The Hall–Kier alpha value is -2.03. The normalized spacial score (nSPS) is 17.1. The average molecular weight is 383 g/mol. The van der Waals surface area contributed by atoms with Gasteiger partial charge in [-0.3, -0.25) is 0 Å². The predicted octanol–water partition coefficient (Wildman–Crippen LogP) is 6.84. The molecule has 2 aliphatic carbocycles. The lowest BCUT2D eigenvalue weighted by Crippen LogP contribution is -2.17. The summed E-state index contributed by atoms with van der Waals surface area (Å²) in [6, 6.07) is 9.96. The minimum absolute atomic E-state index is 0.336. The molecular weight excluding hydrogens is 348 g/mol. The Morgan fingerprint density at radius 2 is 1.50 bits per heavy atom. The second kappa shape index (κ2) is 10.5. The molecule has 0 unspecified atom stereocenters. The molecule has 0 N–H and O–H groups in total. The van der Waals surface area contributed by atoms with Crippen LogP contribution in [0.25, 0.3) is 10.8 Å². The van der Waals surface area contributed by atoms with Crippen LogP contribution in [0.1, 0.15) is 80.1 Å². The van der Waals surface area contributed by atoms with Crippen LogP contribution in [0, 0.1) is 12.8 Å². The van der Waals surface area contributed by atoms with Gasteiger partial charge in [-0.2, -0.15) is 0 Å². The molecule has 2 saturated carbocycles. The summed E-state index contributed by atoms with van der Waals surface area (Å²) in [5, 5.41) is 2.11. The molecule has 0 heterocycles. The minimum Gasteiger partial charge on any atom is -0.492 e. The van der Waals surface area contributed by atoms with Gasteiger partial charge in [-0.25, -0.2) is 4.79 Å². The second-order valence-electron chi connectivity index (χ2n) is 8.19. The van der Waals surface area contributed by atoms with Gasteiger partial charge in [-0.05, 0) is 42.7 Å². The molecule has 0 radical (unpaired) electrons. The summed E-state index contributed by atoms with van der Waals surface area (Å²) in [7, 11) is 1.41. The summed E-state index contributed by atoms with van der Waals surface area (Å²) >= 11 is 0. The summed E-state index contributed by atoms with van der Waals surface area (Å²) in [4.78, 5) is 12.2. The van der Waals surface area contributed by atoms with Gasteiger partial charge >= 0.3 is 5.97 Å². The first-order valence-corrected chi connectivity index (χ1v) is 10.9. The quantitative estimate of drug-likeness (QED) is 0.543. The zero-order chi connectivity index (χ0) is 19.8. The topological polar surface area (TPSA) is 35.5 Å². The molecule has 2 aliphatic rings. The largest absolute Gasteiger partial charge is 0.492 e. The highest BCUT2D eigenvalue weighted by Gasteiger charge is 2.20. The van der Waals surface area contributed by atoms with E-state index < -0.39 is 0 Å². The molecular formula is C25H34O3. The number of fused-ring (bicyclic) bond motifs is 1. The molecule has 0 saturated heterocycles. The van der Waals surface area contributed by atoms with Crippen molar-refractivity contribution < 1.29 is 14.3 Å². The Morgan fingerprint density at radius 1 is 0.929 bits per heavy atom. The lowest BCUT2D eigenvalue weighted by Gasteiger charge is -2.23. The van der Waals surface area contributed by atoms with Gasteiger partial charge in [0.1, 0.15) is 11.3 Å². The van der Waals surface area contributed by atoms with Gasteiger partial charge in [0.15, 0.2) is 0 Å². The van der Waals surface area contributed by atoms with E-state index in [4.69, 9.17) is 9.47 Å². The van der Waals surface area contributed by atoms with Crippen LogP contribution in [-0.4, -0.2) is 19.7 Å². The van der Waals surface area contributed by atoms with E-state index in [0.717, 1.165) is 16.3 Å². The third-order valence-corrected chi connectivity index (χ3v) is 6.05. The van der Waals surface area contributed by atoms with Crippen LogP contribution in [0.2, 0.25) is 0 Å². The highest BCUT2D eigenvalue weighted by molar-refractivity contribution is 6.02. The highest BCUT2D eigenvalue weighted by Crippen LogP contribution is 2.34. The number of hydrogen-bond donors (Lipinski definition) is 0. The lowest BCUT2D eigenvalue weighted by molar-refractivity contribution is 0.0595. The van der Waals surface area contributed by atoms with Gasteiger partial charge in [0.2, 0.25) is 0 Å². The van der Waals surface area contributed by atoms with E-state index in [2.05, 4.69) is 6.07 Å². The van der Waals surface area contributed by atoms with E-state index in [9.17, 15) is 4.79 Å². The molecule has 152 valence electrons. The van der Waals surface area contributed by atoms with Crippen molar-refractivity contribution in [2.75, 3.05) is 13.7 Å². The van der Waals surface area contributed by atoms with Gasteiger partial charge in [0.25, 0.3) is 0 Å². The van der Waals surface area contributed by atoms with Crippen molar-refractivity contribution in [1.82, 2.24) is 0 Å². The van der Waals surface area contributed by atoms with Gasteiger partial charge in [0, 0.05) is 5.39 Å². The van der Waals surface area contributed by atoms with Crippen LogP contribution in [0.3, 0.4) is 0 Å². The van der Waals surface area contributed by atoms with Crippen LogP contribution in [0.5, 0.6) is 5.75 Å². The second-order valence-corrected chi connectivity index (χ2v) is 8.19. The zero-order valence-electron chi connectivity index (χ0n) is 17.5. The van der Waals surface area contributed by atoms with Gasteiger partial charge in [0.05, 0.1) is 13.7 Å². The van der Waals surface area contributed by atoms with Crippen molar-refractivity contribution in [2.24, 2.45) is 5.92 Å². The van der Waals surface area contributed by atoms with E-state index in [0.29, 0.717) is 23.8 Å². The van der Waals surface area contributed by atoms with Gasteiger partial charge in [-0.15, -0.1) is 0 Å². The number of rotatable bonds is 4. The highest BCUT2D eigenvalue weighted by atomic mass is 16.5. The maximum absolute atomic E-state index is 12.2. The molecule has 0 amide bonds. The predicted molar refractivity (Wildman–Crippen MR) is 115 cm³/mol. The van der Waals surface area contributed by atoms with Crippen molar-refractivity contribution in [3.63, 3.8) is 0 Å². The molecule has 4 rings (SSSR count). The summed E-state index contributed by atoms with van der Waals surface area (Å²) in [5.74, 6) is 0.926. The number of carbonyl (C=O) groups is 1. The maximum atomic E-state index is 12.2. The van der Waals surface area contributed by atoms with Crippen molar-refractivity contribution >= 4 is 16.7 Å². The van der Waals surface area contributed by atoms with Crippen molar-refractivity contribution in [1.29, 1.82) is 0 Å². The summed E-state index contributed by atoms with van der Waals surface area (Å²) in [6.45, 7) is 2.69. The fourth-order valence-corrected chi connectivity index (χ4v) is 4.39. The Labute approximate surface area is 169 Å². The Kier molecular flexibility index (Phi) is 7.76. The van der Waals surface area contributed by atoms with Crippen molar-refractivity contribution in [3.05, 3.63) is 41.5 Å². The summed E-state index contributed by atoms with van der Waals surface area (Å²) in [5.41, 5.74) is 1.59. The van der Waals surface area contributed by atoms with Crippen LogP contribution >= 0.6 is 0 Å². The minimum atomic E-state index is -0.336. The van der Waals surface area contributed by atoms with E-state index in [-0.39, 0.29) is 5.97 Å². The number of carbonyl (C=O) groups excluding carboxylic acids is 1. The fraction of sp³-hybridized carbons (Fsp3) is 0.560. The Bertz CT molecular complexity index is 763. The molecule has 0 bridgehead atoms. The summed E-state index contributed by atoms with van der Waals surface area (Å²) < 4.78 is 11.1. The smallest absolute Gasteiger partial charge is 0.341 e. The molecule has 3 heteroatoms. The van der Waals surface area contributed by atoms with Crippen LogP contribution in [0.15, 0.2) is 30.3 Å². The fourth-order valence-electron chi connectivity index (χ4n) is 4.39. The molecule has 0 atom stereocenters. The molecule has 2 fully saturated rings. The summed E-state index contributed by atoms with van der Waals surface area (Å²) in [6.07, 6.45) is 13.8. The Balaban J connectivity index is 0.000000391. The maximum Gasteiger partial charge on any atom is 0.341 e. The number of hydrogen-bond acceptors (Lipinski definition) is 3. The molecule has 3 nitrogen and oxygen atoms in total. The van der Waals surface area contributed by atoms with Crippen molar-refractivity contribution in [2.45, 2.75) is 71.1 Å².